The molecule has 2 aromatic carbocycles. The summed E-state index contributed by atoms with van der Waals surface area (Å²) in [4.78, 5) is 0. The lowest BCUT2D eigenvalue weighted by Crippen LogP contribution is -2.26. The third-order valence-corrected chi connectivity index (χ3v) is 3.42. The number of nitrogens with two attached hydrogens (primary N) is 1. The summed E-state index contributed by atoms with van der Waals surface area (Å²) in [5.41, 5.74) is 8.64. The Balaban J connectivity index is 2.11. The van der Waals surface area contributed by atoms with Crippen molar-refractivity contribution in [2.24, 2.45) is 5.73 Å². The first kappa shape index (κ1) is 15.4. The number of halogens is 2. The van der Waals surface area contributed by atoms with Crippen molar-refractivity contribution < 1.29 is 13.5 Å². The van der Waals surface area contributed by atoms with Crippen LogP contribution in [0.4, 0.5) is 8.78 Å². The van der Waals surface area contributed by atoms with Crippen LogP contribution in [0.1, 0.15) is 16.7 Å². The molecule has 1 atom stereocenters. The molecule has 112 valence electrons. The van der Waals surface area contributed by atoms with E-state index in [1.54, 1.807) is 7.11 Å². The highest BCUT2D eigenvalue weighted by atomic mass is 19.1. The van der Waals surface area contributed by atoms with E-state index in [4.69, 9.17) is 10.5 Å². The molecule has 0 fully saturated rings. The molecule has 0 amide bonds. The maximum Gasteiger partial charge on any atom is 0.129 e. The molecule has 2 N–H and O–H groups in total. The monoisotopic (exact) mass is 291 g/mol. The van der Waals surface area contributed by atoms with Crippen LogP contribution >= 0.6 is 0 Å². The van der Waals surface area contributed by atoms with E-state index in [-0.39, 0.29) is 6.04 Å². The fraction of sp³-hybridized carbons (Fsp3) is 0.294. The van der Waals surface area contributed by atoms with Crippen LogP contribution in [0.15, 0.2) is 36.4 Å². The number of hydrogen-bond acceptors (Lipinski definition) is 2. The summed E-state index contributed by atoms with van der Waals surface area (Å²) in [6, 6.07) is 9.19. The van der Waals surface area contributed by atoms with Crippen molar-refractivity contribution in [3.05, 3.63) is 64.7 Å². The molecule has 1 unspecified atom stereocenters. The normalized spacial score (nSPS) is 12.2. The molecule has 4 heteroatoms. The summed E-state index contributed by atoms with van der Waals surface area (Å²) < 4.78 is 31.8. The Hall–Kier alpha value is -1.94. The minimum absolute atomic E-state index is 0.263. The third kappa shape index (κ3) is 4.02. The van der Waals surface area contributed by atoms with Gasteiger partial charge in [0.15, 0.2) is 0 Å². The second-order valence-corrected chi connectivity index (χ2v) is 5.22. The highest BCUT2D eigenvalue weighted by Gasteiger charge is 2.12. The van der Waals surface area contributed by atoms with E-state index < -0.39 is 11.6 Å². The lowest BCUT2D eigenvalue weighted by molar-refractivity contribution is 0.407. The van der Waals surface area contributed by atoms with Crippen LogP contribution in [0.3, 0.4) is 0 Å². The molecular formula is C17H19F2NO. The Bertz CT molecular complexity index is 628. The summed E-state index contributed by atoms with van der Waals surface area (Å²) in [5, 5.41) is 0. The van der Waals surface area contributed by atoms with Crippen molar-refractivity contribution in [1.82, 2.24) is 0 Å². The van der Waals surface area contributed by atoms with Gasteiger partial charge in [0.1, 0.15) is 17.4 Å². The zero-order chi connectivity index (χ0) is 15.4. The van der Waals surface area contributed by atoms with Gasteiger partial charge >= 0.3 is 0 Å². The second-order valence-electron chi connectivity index (χ2n) is 5.22. The highest BCUT2D eigenvalue weighted by Crippen LogP contribution is 2.22. The molecule has 2 rings (SSSR count). The number of ether oxygens (including phenoxy) is 1. The molecule has 0 aliphatic heterocycles. The Morgan fingerprint density at radius 1 is 1.05 bits per heavy atom. The number of benzene rings is 2. The van der Waals surface area contributed by atoms with Gasteiger partial charge in [0, 0.05) is 12.1 Å². The topological polar surface area (TPSA) is 35.2 Å². The van der Waals surface area contributed by atoms with Crippen molar-refractivity contribution in [1.29, 1.82) is 0 Å². The fourth-order valence-electron chi connectivity index (χ4n) is 2.39. The van der Waals surface area contributed by atoms with Crippen molar-refractivity contribution >= 4 is 0 Å². The minimum atomic E-state index is -0.579. The summed E-state index contributed by atoms with van der Waals surface area (Å²) in [6.07, 6.45) is 0.922. The van der Waals surface area contributed by atoms with E-state index >= 15 is 0 Å². The zero-order valence-electron chi connectivity index (χ0n) is 12.2. The summed E-state index contributed by atoms with van der Waals surface area (Å²) in [7, 11) is 1.61. The number of rotatable bonds is 5. The lowest BCUT2D eigenvalue weighted by Gasteiger charge is -2.15. The summed E-state index contributed by atoms with van der Waals surface area (Å²) in [6.45, 7) is 1.99. The van der Waals surface area contributed by atoms with Gasteiger partial charge in [0.2, 0.25) is 0 Å². The van der Waals surface area contributed by atoms with Gasteiger partial charge in [0.05, 0.1) is 7.11 Å². The number of aryl methyl sites for hydroxylation is 1. The second kappa shape index (κ2) is 6.68. The Kier molecular flexibility index (Phi) is 4.91. The van der Waals surface area contributed by atoms with E-state index in [2.05, 4.69) is 0 Å². The van der Waals surface area contributed by atoms with Crippen LogP contribution in [0, 0.1) is 18.6 Å². The Labute approximate surface area is 123 Å². The van der Waals surface area contributed by atoms with Gasteiger partial charge in [-0.1, -0.05) is 23.8 Å². The lowest BCUT2D eigenvalue weighted by atomic mass is 9.98. The van der Waals surface area contributed by atoms with Crippen LogP contribution in [-0.2, 0) is 12.8 Å². The zero-order valence-corrected chi connectivity index (χ0v) is 12.2. The first-order chi connectivity index (χ1) is 9.99. The smallest absolute Gasteiger partial charge is 0.129 e. The van der Waals surface area contributed by atoms with Gasteiger partial charge in [-0.3, -0.25) is 0 Å². The largest absolute Gasteiger partial charge is 0.496 e. The standard InChI is InChI=1S/C17H19F2NO/c1-11-3-6-17(21-2)13(7-11)9-15(20)8-12-4-5-14(18)10-16(12)19/h3-7,10,15H,8-9,20H2,1-2H3. The van der Waals surface area contributed by atoms with Crippen LogP contribution in [0.2, 0.25) is 0 Å². The van der Waals surface area contributed by atoms with E-state index in [1.165, 1.54) is 12.1 Å². The summed E-state index contributed by atoms with van der Waals surface area (Å²) in [5.74, 6) is -0.359. The molecule has 2 nitrogen and oxygen atoms in total. The van der Waals surface area contributed by atoms with Gasteiger partial charge in [-0.15, -0.1) is 0 Å². The van der Waals surface area contributed by atoms with Crippen LogP contribution in [0.25, 0.3) is 0 Å². The molecule has 0 bridgehead atoms. The fourth-order valence-corrected chi connectivity index (χ4v) is 2.39. The number of methoxy groups -OCH3 is 1. The van der Waals surface area contributed by atoms with E-state index in [0.29, 0.717) is 18.4 Å². The van der Waals surface area contributed by atoms with Gasteiger partial charge in [0.25, 0.3) is 0 Å². The van der Waals surface area contributed by atoms with Crippen LogP contribution in [-0.4, -0.2) is 13.2 Å². The molecule has 0 heterocycles. The van der Waals surface area contributed by atoms with E-state index in [0.717, 1.165) is 22.9 Å². The molecular weight excluding hydrogens is 272 g/mol. The molecule has 0 radical (unpaired) electrons. The SMILES string of the molecule is COc1ccc(C)cc1CC(N)Cc1ccc(F)cc1F. The Morgan fingerprint density at radius 3 is 2.43 bits per heavy atom. The maximum absolute atomic E-state index is 13.6. The average molecular weight is 291 g/mol. The number of hydrogen-bond donors (Lipinski definition) is 1. The quantitative estimate of drug-likeness (QED) is 0.916. The first-order valence-corrected chi connectivity index (χ1v) is 6.82. The van der Waals surface area contributed by atoms with Gasteiger partial charge < -0.3 is 10.5 Å². The maximum atomic E-state index is 13.6. The first-order valence-electron chi connectivity index (χ1n) is 6.82. The molecule has 0 saturated carbocycles. The van der Waals surface area contributed by atoms with E-state index in [9.17, 15) is 8.78 Å². The molecule has 0 aliphatic carbocycles. The van der Waals surface area contributed by atoms with Gasteiger partial charge in [-0.2, -0.15) is 0 Å². The third-order valence-electron chi connectivity index (χ3n) is 3.42. The van der Waals surface area contributed by atoms with Crippen molar-refractivity contribution in [2.75, 3.05) is 7.11 Å². The van der Waals surface area contributed by atoms with Crippen molar-refractivity contribution in [2.45, 2.75) is 25.8 Å². The van der Waals surface area contributed by atoms with Crippen LogP contribution < -0.4 is 10.5 Å². The van der Waals surface area contributed by atoms with Crippen LogP contribution in [0.5, 0.6) is 5.75 Å². The summed E-state index contributed by atoms with van der Waals surface area (Å²) >= 11 is 0. The molecule has 0 spiro atoms. The van der Waals surface area contributed by atoms with Crippen molar-refractivity contribution in [3.8, 4) is 5.75 Å². The molecule has 0 aromatic heterocycles. The molecule has 0 saturated heterocycles. The minimum Gasteiger partial charge on any atom is -0.496 e. The Morgan fingerprint density at radius 2 is 1.76 bits per heavy atom. The van der Waals surface area contributed by atoms with E-state index in [1.807, 2.05) is 25.1 Å². The van der Waals surface area contributed by atoms with Gasteiger partial charge in [-0.05, 0) is 43.0 Å². The van der Waals surface area contributed by atoms with Gasteiger partial charge in [-0.25, -0.2) is 8.78 Å². The highest BCUT2D eigenvalue weighted by molar-refractivity contribution is 5.37. The molecule has 2 aromatic rings. The predicted octanol–water partition coefficient (Wildman–Crippen LogP) is 3.39. The predicted molar refractivity (Wildman–Crippen MR) is 79.5 cm³/mol. The average Bonchev–Trinajstić information content (AvgIpc) is 2.42. The van der Waals surface area contributed by atoms with Crippen molar-refractivity contribution in [3.63, 3.8) is 0 Å². The molecule has 0 aliphatic rings. The molecule has 21 heavy (non-hydrogen) atoms.